The molecule has 0 fully saturated rings. The van der Waals surface area contributed by atoms with Crippen LogP contribution in [-0.4, -0.2) is 47.4 Å². The fourth-order valence-electron chi connectivity index (χ4n) is 11.4. The van der Waals surface area contributed by atoms with E-state index in [1.165, 1.54) is 327 Å². The second kappa shape index (κ2) is 67.1. The molecular weight excluding hydrogens is 947 g/mol. The Morgan fingerprint density at radius 1 is 0.351 bits per heavy atom. The minimum Gasteiger partial charge on any atom is -0.466 e. The van der Waals surface area contributed by atoms with Crippen LogP contribution in [0.2, 0.25) is 0 Å². The number of carbonyl (C=O) groups is 2. The molecule has 3 N–H and O–H groups in total. The number of allylic oxidation sites excluding steroid dienone is 2. The van der Waals surface area contributed by atoms with Gasteiger partial charge in [0.25, 0.3) is 0 Å². The summed E-state index contributed by atoms with van der Waals surface area (Å²) in [7, 11) is 0. The Morgan fingerprint density at radius 3 is 0.922 bits per heavy atom. The molecule has 0 aromatic rings. The summed E-state index contributed by atoms with van der Waals surface area (Å²) in [5, 5.41) is 23.3. The van der Waals surface area contributed by atoms with E-state index in [0.717, 1.165) is 44.9 Å². The van der Waals surface area contributed by atoms with Gasteiger partial charge in [-0.3, -0.25) is 9.59 Å². The Hall–Kier alpha value is -1.40. The summed E-state index contributed by atoms with van der Waals surface area (Å²) in [5.41, 5.74) is 0. The highest BCUT2D eigenvalue weighted by molar-refractivity contribution is 5.76. The van der Waals surface area contributed by atoms with Crippen LogP contribution in [0.25, 0.3) is 0 Å². The molecule has 0 heterocycles. The highest BCUT2D eigenvalue weighted by atomic mass is 16.5. The molecule has 0 bridgehead atoms. The molecule has 0 aromatic heterocycles. The maximum Gasteiger partial charge on any atom is 0.305 e. The van der Waals surface area contributed by atoms with Crippen molar-refractivity contribution < 1.29 is 24.5 Å². The summed E-state index contributed by atoms with van der Waals surface area (Å²) >= 11 is 0. The van der Waals surface area contributed by atoms with E-state index in [4.69, 9.17) is 4.74 Å². The molecule has 0 saturated carbocycles. The molecule has 77 heavy (non-hydrogen) atoms. The van der Waals surface area contributed by atoms with Crippen molar-refractivity contribution in [1.29, 1.82) is 0 Å². The number of rotatable bonds is 67. The van der Waals surface area contributed by atoms with Crippen molar-refractivity contribution in [3.05, 3.63) is 12.2 Å². The first-order valence-electron chi connectivity index (χ1n) is 35.4. The maximum absolute atomic E-state index is 12.5. The van der Waals surface area contributed by atoms with Gasteiger partial charge in [0.2, 0.25) is 5.91 Å². The van der Waals surface area contributed by atoms with Gasteiger partial charge in [0.05, 0.1) is 25.4 Å². The van der Waals surface area contributed by atoms with Crippen molar-refractivity contribution in [3.63, 3.8) is 0 Å². The van der Waals surface area contributed by atoms with Crippen molar-refractivity contribution in [2.75, 3.05) is 13.2 Å². The molecule has 0 saturated heterocycles. The van der Waals surface area contributed by atoms with E-state index in [9.17, 15) is 19.8 Å². The van der Waals surface area contributed by atoms with Crippen molar-refractivity contribution in [2.45, 2.75) is 418 Å². The molecule has 2 atom stereocenters. The van der Waals surface area contributed by atoms with E-state index in [1.54, 1.807) is 0 Å². The zero-order valence-electron chi connectivity index (χ0n) is 52.5. The summed E-state index contributed by atoms with van der Waals surface area (Å²) in [6.07, 6.45) is 82.7. The SMILES string of the molecule is CCCCCCCC/C=C\CCCCCCCCCC(=O)OCCCCCCCCCCCCCCCCCCCCCCCCCCCCCCCCC(=O)NC(CO)C(O)CCCCCCCCCCCCCCC. The predicted octanol–water partition coefficient (Wildman–Crippen LogP) is 22.8. The van der Waals surface area contributed by atoms with Crippen LogP contribution in [0.1, 0.15) is 406 Å². The number of unbranched alkanes of at least 4 members (excludes halogenated alkanes) is 54. The van der Waals surface area contributed by atoms with Gasteiger partial charge in [0, 0.05) is 12.8 Å². The van der Waals surface area contributed by atoms with Gasteiger partial charge >= 0.3 is 5.97 Å². The fourth-order valence-corrected chi connectivity index (χ4v) is 11.4. The summed E-state index contributed by atoms with van der Waals surface area (Å²) in [5.74, 6) is -0.0110. The number of aliphatic hydroxyl groups excluding tert-OH is 2. The maximum atomic E-state index is 12.5. The first kappa shape index (κ1) is 75.6. The highest BCUT2D eigenvalue weighted by Gasteiger charge is 2.20. The van der Waals surface area contributed by atoms with Gasteiger partial charge in [-0.25, -0.2) is 0 Å². The topological polar surface area (TPSA) is 95.9 Å². The van der Waals surface area contributed by atoms with Gasteiger partial charge in [0.15, 0.2) is 0 Å². The number of nitrogens with one attached hydrogen (secondary N) is 1. The summed E-state index contributed by atoms with van der Waals surface area (Å²) in [4.78, 5) is 24.6. The number of hydrogen-bond donors (Lipinski definition) is 3. The van der Waals surface area contributed by atoms with Crippen LogP contribution in [0.5, 0.6) is 0 Å². The third-order valence-electron chi connectivity index (χ3n) is 16.8. The standard InChI is InChI=1S/C71H139NO5/c1-3-5-7-9-11-13-15-17-18-33-37-41-45-49-53-57-61-65-71(76)77-66-62-58-54-50-46-42-38-35-32-30-28-26-24-22-20-19-21-23-25-27-29-31-34-36-40-44-48-52-56-60-64-70(75)72-68(67-73)69(74)63-59-55-51-47-43-39-16-14-12-10-8-6-4-2/h17-18,68-69,73-74H,3-16,19-67H2,1-2H3,(H,72,75)/b18-17-. The van der Waals surface area contributed by atoms with Crippen LogP contribution in [-0.2, 0) is 14.3 Å². The Kier molecular flexibility index (Phi) is 65.9. The molecule has 0 spiro atoms. The van der Waals surface area contributed by atoms with Crippen LogP contribution < -0.4 is 5.32 Å². The Morgan fingerprint density at radius 2 is 0.610 bits per heavy atom. The average Bonchev–Trinajstić information content (AvgIpc) is 3.43. The van der Waals surface area contributed by atoms with E-state index >= 15 is 0 Å². The third-order valence-corrected chi connectivity index (χ3v) is 16.8. The van der Waals surface area contributed by atoms with E-state index < -0.39 is 12.1 Å². The van der Waals surface area contributed by atoms with Crippen LogP contribution in [0, 0.1) is 0 Å². The van der Waals surface area contributed by atoms with Crippen molar-refractivity contribution >= 4 is 11.9 Å². The normalized spacial score (nSPS) is 12.5. The number of hydrogen-bond acceptors (Lipinski definition) is 5. The second-order valence-electron chi connectivity index (χ2n) is 24.6. The third kappa shape index (κ3) is 63.6. The number of carbonyl (C=O) groups excluding carboxylic acids is 2. The van der Waals surface area contributed by atoms with Gasteiger partial charge in [0.1, 0.15) is 0 Å². The first-order chi connectivity index (χ1) is 38.0. The van der Waals surface area contributed by atoms with Crippen molar-refractivity contribution in [2.24, 2.45) is 0 Å². The zero-order chi connectivity index (χ0) is 55.7. The minimum absolute atomic E-state index is 0.0177. The molecule has 2 unspecified atom stereocenters. The van der Waals surface area contributed by atoms with Crippen molar-refractivity contribution in [3.8, 4) is 0 Å². The highest BCUT2D eigenvalue weighted by Crippen LogP contribution is 2.19. The molecule has 6 heteroatoms. The molecular formula is C71H139NO5. The monoisotopic (exact) mass is 1090 g/mol. The van der Waals surface area contributed by atoms with E-state index in [1.807, 2.05) is 0 Å². The second-order valence-corrected chi connectivity index (χ2v) is 24.6. The Labute approximate surface area is 482 Å². The van der Waals surface area contributed by atoms with E-state index in [0.29, 0.717) is 25.9 Å². The van der Waals surface area contributed by atoms with Gasteiger partial charge in [-0.05, 0) is 51.4 Å². The molecule has 0 radical (unpaired) electrons. The molecule has 0 aliphatic rings. The lowest BCUT2D eigenvalue weighted by atomic mass is 10.0. The predicted molar refractivity (Wildman–Crippen MR) is 338 cm³/mol. The molecule has 6 nitrogen and oxygen atoms in total. The number of amides is 1. The summed E-state index contributed by atoms with van der Waals surface area (Å²) in [6, 6.07) is -0.537. The first-order valence-corrected chi connectivity index (χ1v) is 35.4. The lowest BCUT2D eigenvalue weighted by Crippen LogP contribution is -2.45. The fraction of sp³-hybridized carbons (Fsp3) is 0.944. The van der Waals surface area contributed by atoms with Gasteiger partial charge in [-0.1, -0.05) is 353 Å². The van der Waals surface area contributed by atoms with E-state index in [2.05, 4.69) is 31.3 Å². The molecule has 0 aromatic carbocycles. The molecule has 0 rings (SSSR count). The molecule has 458 valence electrons. The Balaban J connectivity index is 3.30. The van der Waals surface area contributed by atoms with E-state index in [-0.39, 0.29) is 18.5 Å². The smallest absolute Gasteiger partial charge is 0.305 e. The van der Waals surface area contributed by atoms with Crippen LogP contribution in [0.4, 0.5) is 0 Å². The molecule has 1 amide bonds. The van der Waals surface area contributed by atoms with Crippen LogP contribution in [0.15, 0.2) is 12.2 Å². The zero-order valence-corrected chi connectivity index (χ0v) is 52.5. The molecule has 0 aliphatic heterocycles. The lowest BCUT2D eigenvalue weighted by molar-refractivity contribution is -0.143. The lowest BCUT2D eigenvalue weighted by Gasteiger charge is -2.22. The van der Waals surface area contributed by atoms with Gasteiger partial charge < -0.3 is 20.3 Å². The quantitative estimate of drug-likeness (QED) is 0.0320. The number of ether oxygens (including phenoxy) is 1. The van der Waals surface area contributed by atoms with Crippen molar-refractivity contribution in [1.82, 2.24) is 5.32 Å². The minimum atomic E-state index is -0.660. The summed E-state index contributed by atoms with van der Waals surface area (Å²) in [6.45, 7) is 4.98. The van der Waals surface area contributed by atoms with Crippen LogP contribution >= 0.6 is 0 Å². The largest absolute Gasteiger partial charge is 0.466 e. The van der Waals surface area contributed by atoms with Gasteiger partial charge in [-0.15, -0.1) is 0 Å². The number of aliphatic hydroxyl groups is 2. The van der Waals surface area contributed by atoms with Gasteiger partial charge in [-0.2, -0.15) is 0 Å². The Bertz CT molecular complexity index is 1160. The number of esters is 1. The van der Waals surface area contributed by atoms with Crippen LogP contribution in [0.3, 0.4) is 0 Å². The average molecular weight is 1090 g/mol. The summed E-state index contributed by atoms with van der Waals surface area (Å²) < 4.78 is 5.50. The molecule has 0 aliphatic carbocycles.